The number of aliphatic hydroxyl groups is 1. The Morgan fingerprint density at radius 1 is 1.20 bits per heavy atom. The van der Waals surface area contributed by atoms with E-state index in [1.165, 1.54) is 12.1 Å². The SMILES string of the molecule is COC(CCCNS(=O)(=O)c1ccc(CO)cc1)OC. The molecule has 0 saturated heterocycles. The highest BCUT2D eigenvalue weighted by atomic mass is 32.2. The highest BCUT2D eigenvalue weighted by Crippen LogP contribution is 2.11. The molecule has 0 aliphatic rings. The first-order valence-electron chi connectivity index (χ1n) is 6.28. The standard InChI is InChI=1S/C13H21NO5S/c1-18-13(19-2)4-3-9-14-20(16,17)12-7-5-11(10-15)6-8-12/h5-8,13-15H,3-4,9-10H2,1-2H3. The topological polar surface area (TPSA) is 84.9 Å². The summed E-state index contributed by atoms with van der Waals surface area (Å²) in [5, 5.41) is 8.91. The van der Waals surface area contributed by atoms with E-state index in [1.54, 1.807) is 26.4 Å². The number of sulfonamides is 1. The summed E-state index contributed by atoms with van der Waals surface area (Å²) in [5.74, 6) is 0. The van der Waals surface area contributed by atoms with Crippen molar-refractivity contribution in [3.63, 3.8) is 0 Å². The summed E-state index contributed by atoms with van der Waals surface area (Å²) in [6.45, 7) is 0.205. The van der Waals surface area contributed by atoms with E-state index in [2.05, 4.69) is 4.72 Å². The van der Waals surface area contributed by atoms with Crippen LogP contribution in [-0.2, 0) is 26.1 Å². The van der Waals surface area contributed by atoms with Crippen LogP contribution >= 0.6 is 0 Å². The van der Waals surface area contributed by atoms with Gasteiger partial charge in [-0.15, -0.1) is 0 Å². The normalized spacial score (nSPS) is 12.0. The molecule has 0 aliphatic carbocycles. The van der Waals surface area contributed by atoms with Gasteiger partial charge >= 0.3 is 0 Å². The molecule has 0 amide bonds. The molecule has 0 spiro atoms. The van der Waals surface area contributed by atoms with Gasteiger partial charge in [0, 0.05) is 20.8 Å². The minimum Gasteiger partial charge on any atom is -0.392 e. The number of aliphatic hydroxyl groups excluding tert-OH is 1. The molecular formula is C13H21NO5S. The van der Waals surface area contributed by atoms with Crippen molar-refractivity contribution >= 4 is 10.0 Å². The van der Waals surface area contributed by atoms with Crippen LogP contribution in [-0.4, -0.2) is 40.6 Å². The summed E-state index contributed by atoms with van der Waals surface area (Å²) in [7, 11) is -0.424. The first kappa shape index (κ1) is 17.1. The van der Waals surface area contributed by atoms with Crippen molar-refractivity contribution in [3.05, 3.63) is 29.8 Å². The van der Waals surface area contributed by atoms with Gasteiger partial charge in [0.15, 0.2) is 6.29 Å². The van der Waals surface area contributed by atoms with Gasteiger partial charge in [-0.1, -0.05) is 12.1 Å². The molecule has 1 rings (SSSR count). The third-order valence-corrected chi connectivity index (χ3v) is 4.33. The lowest BCUT2D eigenvalue weighted by atomic mass is 10.2. The van der Waals surface area contributed by atoms with Crippen molar-refractivity contribution in [1.29, 1.82) is 0 Å². The second-order valence-electron chi connectivity index (χ2n) is 4.24. The summed E-state index contributed by atoms with van der Waals surface area (Å²) in [4.78, 5) is 0.185. The molecular weight excluding hydrogens is 282 g/mol. The zero-order valence-corrected chi connectivity index (χ0v) is 12.5. The highest BCUT2D eigenvalue weighted by Gasteiger charge is 2.13. The largest absolute Gasteiger partial charge is 0.392 e. The quantitative estimate of drug-likeness (QED) is 0.522. The number of methoxy groups -OCH3 is 2. The van der Waals surface area contributed by atoms with Crippen molar-refractivity contribution in [2.45, 2.75) is 30.6 Å². The van der Waals surface area contributed by atoms with Gasteiger partial charge in [-0.2, -0.15) is 0 Å². The molecule has 2 N–H and O–H groups in total. The van der Waals surface area contributed by atoms with Gasteiger partial charge in [0.25, 0.3) is 0 Å². The minimum absolute atomic E-state index is 0.108. The van der Waals surface area contributed by atoms with Gasteiger partial charge in [0.05, 0.1) is 11.5 Å². The molecule has 0 aromatic heterocycles. The maximum Gasteiger partial charge on any atom is 0.240 e. The Bertz CT molecular complexity index is 482. The second-order valence-corrected chi connectivity index (χ2v) is 6.01. The van der Waals surface area contributed by atoms with Crippen LogP contribution in [0.1, 0.15) is 18.4 Å². The van der Waals surface area contributed by atoms with E-state index in [1.807, 2.05) is 0 Å². The Hall–Kier alpha value is -0.990. The van der Waals surface area contributed by atoms with Crippen molar-refractivity contribution in [2.75, 3.05) is 20.8 Å². The van der Waals surface area contributed by atoms with E-state index in [9.17, 15) is 8.42 Å². The molecule has 1 aromatic carbocycles. The third kappa shape index (κ3) is 5.18. The fourth-order valence-corrected chi connectivity index (χ4v) is 2.74. The van der Waals surface area contributed by atoms with E-state index in [0.29, 0.717) is 24.9 Å². The molecule has 20 heavy (non-hydrogen) atoms. The van der Waals surface area contributed by atoms with Gasteiger partial charge < -0.3 is 14.6 Å². The van der Waals surface area contributed by atoms with Crippen LogP contribution in [0.3, 0.4) is 0 Å². The van der Waals surface area contributed by atoms with E-state index >= 15 is 0 Å². The third-order valence-electron chi connectivity index (χ3n) is 2.85. The second kappa shape index (κ2) is 8.33. The van der Waals surface area contributed by atoms with Gasteiger partial charge in [-0.3, -0.25) is 0 Å². The van der Waals surface area contributed by atoms with Crippen LogP contribution in [0.15, 0.2) is 29.2 Å². The number of hydrogen-bond acceptors (Lipinski definition) is 5. The van der Waals surface area contributed by atoms with Crippen LogP contribution in [0, 0.1) is 0 Å². The molecule has 1 aromatic rings. The molecule has 114 valence electrons. The number of hydrogen-bond donors (Lipinski definition) is 2. The van der Waals surface area contributed by atoms with Crippen molar-refractivity contribution < 1.29 is 23.0 Å². The minimum atomic E-state index is -3.51. The maximum atomic E-state index is 12.0. The summed E-state index contributed by atoms with van der Waals surface area (Å²) in [6, 6.07) is 6.11. The van der Waals surface area contributed by atoms with Crippen molar-refractivity contribution in [2.24, 2.45) is 0 Å². The number of rotatable bonds is 9. The van der Waals surface area contributed by atoms with Crippen LogP contribution in [0.4, 0.5) is 0 Å². The van der Waals surface area contributed by atoms with Gasteiger partial charge in [-0.25, -0.2) is 13.1 Å². The highest BCUT2D eigenvalue weighted by molar-refractivity contribution is 7.89. The Morgan fingerprint density at radius 3 is 2.30 bits per heavy atom. The Kier molecular flexibility index (Phi) is 7.11. The Labute approximate surface area is 119 Å². The molecule has 0 radical (unpaired) electrons. The Balaban J connectivity index is 2.48. The molecule has 0 atom stereocenters. The molecule has 0 unspecified atom stereocenters. The number of ether oxygens (including phenoxy) is 2. The van der Waals surface area contributed by atoms with Crippen LogP contribution in [0.5, 0.6) is 0 Å². The van der Waals surface area contributed by atoms with E-state index in [-0.39, 0.29) is 17.8 Å². The lowest BCUT2D eigenvalue weighted by molar-refractivity contribution is -0.106. The number of nitrogens with one attached hydrogen (secondary N) is 1. The average molecular weight is 303 g/mol. The fraction of sp³-hybridized carbons (Fsp3) is 0.538. The summed E-state index contributed by atoms with van der Waals surface area (Å²) in [5.41, 5.74) is 0.673. The average Bonchev–Trinajstić information content (AvgIpc) is 2.47. The van der Waals surface area contributed by atoms with Crippen LogP contribution < -0.4 is 4.72 Å². The van der Waals surface area contributed by atoms with E-state index < -0.39 is 10.0 Å². The van der Waals surface area contributed by atoms with Gasteiger partial charge in [-0.05, 0) is 30.5 Å². The first-order valence-corrected chi connectivity index (χ1v) is 7.77. The zero-order chi connectivity index (χ0) is 15.0. The molecule has 0 bridgehead atoms. The zero-order valence-electron chi connectivity index (χ0n) is 11.7. The summed E-state index contributed by atoms with van der Waals surface area (Å²) < 4.78 is 36.5. The van der Waals surface area contributed by atoms with Crippen molar-refractivity contribution in [3.8, 4) is 0 Å². The van der Waals surface area contributed by atoms with E-state index in [0.717, 1.165) is 0 Å². The van der Waals surface area contributed by atoms with Crippen LogP contribution in [0.2, 0.25) is 0 Å². The molecule has 0 aliphatic heterocycles. The smallest absolute Gasteiger partial charge is 0.240 e. The summed E-state index contributed by atoms with van der Waals surface area (Å²) >= 11 is 0. The van der Waals surface area contributed by atoms with Crippen LogP contribution in [0.25, 0.3) is 0 Å². The lowest BCUT2D eigenvalue weighted by Crippen LogP contribution is -2.26. The monoisotopic (exact) mass is 303 g/mol. The fourth-order valence-electron chi connectivity index (χ4n) is 1.66. The number of benzene rings is 1. The molecule has 7 heteroatoms. The predicted molar refractivity (Wildman–Crippen MR) is 74.6 cm³/mol. The van der Waals surface area contributed by atoms with Gasteiger partial charge in [0.2, 0.25) is 10.0 Å². The Morgan fingerprint density at radius 2 is 1.80 bits per heavy atom. The summed E-state index contributed by atoms with van der Waals surface area (Å²) in [6.07, 6.45) is 0.905. The molecule has 0 heterocycles. The lowest BCUT2D eigenvalue weighted by Gasteiger charge is -2.13. The molecule has 6 nitrogen and oxygen atoms in total. The predicted octanol–water partition coefficient (Wildman–Crippen LogP) is 0.856. The maximum absolute atomic E-state index is 12.0. The van der Waals surface area contributed by atoms with E-state index in [4.69, 9.17) is 14.6 Å². The van der Waals surface area contributed by atoms with Gasteiger partial charge in [0.1, 0.15) is 0 Å². The first-order chi connectivity index (χ1) is 9.53. The molecule has 0 fully saturated rings. The molecule has 0 saturated carbocycles. The van der Waals surface area contributed by atoms with Crippen molar-refractivity contribution in [1.82, 2.24) is 4.72 Å².